The quantitative estimate of drug-likeness (QED) is 0.560. The standard InChI is InChI=1S/C5H6F2OS/c1-9-5(8)3-2-4(6)7/h2-4H,1H3/b3-2+. The fourth-order valence-electron chi connectivity index (χ4n) is 0.219. The average molecular weight is 152 g/mol. The summed E-state index contributed by atoms with van der Waals surface area (Å²) in [4.78, 5) is 10.3. The van der Waals surface area contributed by atoms with E-state index in [1.54, 1.807) is 0 Å². The maximum Gasteiger partial charge on any atom is 0.257 e. The van der Waals surface area contributed by atoms with E-state index in [2.05, 4.69) is 0 Å². The van der Waals surface area contributed by atoms with E-state index in [1.807, 2.05) is 0 Å². The minimum absolute atomic E-state index is 0.352. The SMILES string of the molecule is CSC(=O)/C=C/C(F)F. The van der Waals surface area contributed by atoms with Crippen LogP contribution in [-0.4, -0.2) is 17.8 Å². The summed E-state index contributed by atoms with van der Waals surface area (Å²) in [5, 5.41) is -0.352. The molecule has 0 spiro atoms. The third-order valence-electron chi connectivity index (χ3n) is 0.579. The molecule has 0 fully saturated rings. The minimum Gasteiger partial charge on any atom is -0.282 e. The Kier molecular flexibility index (Phi) is 4.30. The Hall–Kier alpha value is -0.380. The van der Waals surface area contributed by atoms with E-state index in [9.17, 15) is 13.6 Å². The average Bonchev–Trinajstić information content (AvgIpc) is 1.83. The van der Waals surface area contributed by atoms with Crippen LogP contribution in [0.1, 0.15) is 0 Å². The Balaban J connectivity index is 3.57. The van der Waals surface area contributed by atoms with Crippen LogP contribution in [0, 0.1) is 0 Å². The second kappa shape index (κ2) is 4.49. The molecule has 52 valence electrons. The zero-order valence-electron chi connectivity index (χ0n) is 4.80. The highest BCUT2D eigenvalue weighted by Gasteiger charge is 1.95. The molecule has 0 aromatic carbocycles. The van der Waals surface area contributed by atoms with Gasteiger partial charge < -0.3 is 0 Å². The summed E-state index contributed by atoms with van der Waals surface area (Å²) in [6.07, 6.45) is 0.452. The van der Waals surface area contributed by atoms with Gasteiger partial charge in [-0.3, -0.25) is 4.79 Å². The third-order valence-corrected chi connectivity index (χ3v) is 1.12. The van der Waals surface area contributed by atoms with Crippen LogP contribution in [0.4, 0.5) is 8.78 Å². The number of hydrogen-bond acceptors (Lipinski definition) is 2. The number of allylic oxidation sites excluding steroid dienone is 1. The molecule has 0 aliphatic rings. The normalized spacial score (nSPS) is 11.1. The van der Waals surface area contributed by atoms with Crippen molar-refractivity contribution >= 4 is 16.9 Å². The maximum absolute atomic E-state index is 11.3. The van der Waals surface area contributed by atoms with Crippen molar-refractivity contribution in [2.45, 2.75) is 6.43 Å². The number of rotatable bonds is 2. The number of carbonyl (C=O) groups is 1. The molecule has 0 radical (unpaired) electrons. The first-order valence-corrected chi connectivity index (χ1v) is 3.43. The van der Waals surface area contributed by atoms with Crippen molar-refractivity contribution in [3.63, 3.8) is 0 Å². The molecule has 0 unspecified atom stereocenters. The van der Waals surface area contributed by atoms with Crippen LogP contribution in [0.25, 0.3) is 0 Å². The van der Waals surface area contributed by atoms with E-state index >= 15 is 0 Å². The first-order valence-electron chi connectivity index (χ1n) is 2.21. The second-order valence-corrected chi connectivity index (χ2v) is 2.03. The van der Waals surface area contributed by atoms with Gasteiger partial charge in [0.15, 0.2) is 0 Å². The molecule has 0 rings (SSSR count). The summed E-state index contributed by atoms with van der Waals surface area (Å²) in [5.41, 5.74) is 0. The van der Waals surface area contributed by atoms with Crippen LogP contribution in [0.5, 0.6) is 0 Å². The molecule has 0 aliphatic carbocycles. The second-order valence-electron chi connectivity index (χ2n) is 1.22. The lowest BCUT2D eigenvalue weighted by molar-refractivity contribution is -0.107. The van der Waals surface area contributed by atoms with Crippen molar-refractivity contribution < 1.29 is 13.6 Å². The van der Waals surface area contributed by atoms with Crippen molar-refractivity contribution in [2.24, 2.45) is 0 Å². The summed E-state index contributed by atoms with van der Waals surface area (Å²) in [6, 6.07) is 0. The van der Waals surface area contributed by atoms with Gasteiger partial charge in [-0.25, -0.2) is 8.78 Å². The molecule has 0 amide bonds. The molecule has 0 atom stereocenters. The van der Waals surface area contributed by atoms with Gasteiger partial charge in [0.25, 0.3) is 6.43 Å². The van der Waals surface area contributed by atoms with Crippen LogP contribution < -0.4 is 0 Å². The van der Waals surface area contributed by atoms with Crippen molar-refractivity contribution in [1.82, 2.24) is 0 Å². The molecule has 0 aliphatic heterocycles. The lowest BCUT2D eigenvalue weighted by Crippen LogP contribution is -1.86. The highest BCUT2D eigenvalue weighted by atomic mass is 32.2. The van der Waals surface area contributed by atoms with E-state index in [1.165, 1.54) is 6.26 Å². The van der Waals surface area contributed by atoms with E-state index in [0.717, 1.165) is 17.8 Å². The van der Waals surface area contributed by atoms with Gasteiger partial charge in [0.1, 0.15) is 0 Å². The summed E-state index contributed by atoms with van der Waals surface area (Å²) in [5.74, 6) is 0. The maximum atomic E-state index is 11.3. The summed E-state index contributed by atoms with van der Waals surface area (Å²) >= 11 is 0.908. The molecule has 0 heterocycles. The topological polar surface area (TPSA) is 17.1 Å². The van der Waals surface area contributed by atoms with Crippen LogP contribution in [0.3, 0.4) is 0 Å². The van der Waals surface area contributed by atoms with E-state index in [4.69, 9.17) is 0 Å². The molecule has 4 heteroatoms. The van der Waals surface area contributed by atoms with Gasteiger partial charge in [-0.1, -0.05) is 11.8 Å². The van der Waals surface area contributed by atoms with Gasteiger partial charge in [0.05, 0.1) is 0 Å². The number of hydrogen-bond donors (Lipinski definition) is 0. The summed E-state index contributed by atoms with van der Waals surface area (Å²) in [6.45, 7) is 0. The number of thioether (sulfide) groups is 1. The molecular weight excluding hydrogens is 146 g/mol. The highest BCUT2D eigenvalue weighted by molar-refractivity contribution is 8.13. The molecular formula is C5H6F2OS. The number of halogens is 2. The number of alkyl halides is 2. The van der Waals surface area contributed by atoms with E-state index in [0.29, 0.717) is 6.08 Å². The van der Waals surface area contributed by atoms with Crippen molar-refractivity contribution in [2.75, 3.05) is 6.26 Å². The third kappa shape index (κ3) is 5.49. The molecule has 9 heavy (non-hydrogen) atoms. The van der Waals surface area contributed by atoms with Gasteiger partial charge in [0, 0.05) is 0 Å². The lowest BCUT2D eigenvalue weighted by atomic mass is 10.5. The van der Waals surface area contributed by atoms with Crippen LogP contribution in [-0.2, 0) is 4.79 Å². The van der Waals surface area contributed by atoms with Crippen molar-refractivity contribution in [3.05, 3.63) is 12.2 Å². The van der Waals surface area contributed by atoms with Gasteiger partial charge in [-0.15, -0.1) is 0 Å². The Morgan fingerprint density at radius 1 is 1.67 bits per heavy atom. The summed E-state index contributed by atoms with van der Waals surface area (Å²) < 4.78 is 22.6. The van der Waals surface area contributed by atoms with Crippen LogP contribution in [0.2, 0.25) is 0 Å². The zero-order chi connectivity index (χ0) is 7.28. The van der Waals surface area contributed by atoms with Gasteiger partial charge in [-0.2, -0.15) is 0 Å². The fourth-order valence-corrected chi connectivity index (χ4v) is 0.434. The molecule has 1 nitrogen and oxygen atoms in total. The van der Waals surface area contributed by atoms with Gasteiger partial charge in [0.2, 0.25) is 5.12 Å². The molecule has 0 aromatic heterocycles. The van der Waals surface area contributed by atoms with Gasteiger partial charge >= 0.3 is 0 Å². The van der Waals surface area contributed by atoms with E-state index in [-0.39, 0.29) is 5.12 Å². The zero-order valence-corrected chi connectivity index (χ0v) is 5.62. The molecule has 0 saturated heterocycles. The van der Waals surface area contributed by atoms with Crippen molar-refractivity contribution in [1.29, 1.82) is 0 Å². The predicted octanol–water partition coefficient (Wildman–Crippen LogP) is 1.70. The molecule has 0 aromatic rings. The molecule has 0 bridgehead atoms. The van der Waals surface area contributed by atoms with Crippen molar-refractivity contribution in [3.8, 4) is 0 Å². The van der Waals surface area contributed by atoms with Crippen LogP contribution >= 0.6 is 11.8 Å². The highest BCUT2D eigenvalue weighted by Crippen LogP contribution is 1.99. The van der Waals surface area contributed by atoms with Gasteiger partial charge in [-0.05, 0) is 18.4 Å². The predicted molar refractivity (Wildman–Crippen MR) is 33.7 cm³/mol. The largest absolute Gasteiger partial charge is 0.282 e. The molecule has 0 N–H and O–H groups in total. The first kappa shape index (κ1) is 8.62. The Bertz CT molecular complexity index is 122. The minimum atomic E-state index is -2.53. The summed E-state index contributed by atoms with van der Waals surface area (Å²) in [7, 11) is 0. The Labute approximate surface area is 56.1 Å². The Morgan fingerprint density at radius 3 is 2.56 bits per heavy atom. The van der Waals surface area contributed by atoms with Crippen LogP contribution in [0.15, 0.2) is 12.2 Å². The lowest BCUT2D eigenvalue weighted by Gasteiger charge is -1.84. The number of carbonyl (C=O) groups excluding carboxylic acids is 1. The molecule has 0 saturated carbocycles. The monoisotopic (exact) mass is 152 g/mol. The van der Waals surface area contributed by atoms with E-state index < -0.39 is 6.43 Å². The Morgan fingerprint density at radius 2 is 2.22 bits per heavy atom. The fraction of sp³-hybridized carbons (Fsp3) is 0.400. The smallest absolute Gasteiger partial charge is 0.257 e. The first-order chi connectivity index (χ1) is 4.16.